The van der Waals surface area contributed by atoms with E-state index in [0.717, 1.165) is 43.9 Å². The van der Waals surface area contributed by atoms with Gasteiger partial charge >= 0.3 is 0 Å². The fourth-order valence-electron chi connectivity index (χ4n) is 4.17. The van der Waals surface area contributed by atoms with Crippen LogP contribution in [0.3, 0.4) is 0 Å². The smallest absolute Gasteiger partial charge is 0.128 e. The highest BCUT2D eigenvalue weighted by Gasteiger charge is 2.41. The SMILES string of the molecule is CCn1cc(CN2CCC3NNC(c4ccccc4F)C3C2)c(C)n1. The van der Waals surface area contributed by atoms with Crippen molar-refractivity contribution in [3.8, 4) is 0 Å². The molecule has 2 saturated heterocycles. The zero-order valence-corrected chi connectivity index (χ0v) is 14.9. The Morgan fingerprint density at radius 3 is 2.88 bits per heavy atom. The molecular formula is C19H26FN5. The lowest BCUT2D eigenvalue weighted by Crippen LogP contribution is -2.45. The number of rotatable bonds is 4. The van der Waals surface area contributed by atoms with Crippen LogP contribution in [-0.2, 0) is 13.1 Å². The molecule has 0 amide bonds. The van der Waals surface area contributed by atoms with Crippen LogP contribution in [0, 0.1) is 18.7 Å². The Bertz CT molecular complexity index is 743. The van der Waals surface area contributed by atoms with E-state index in [2.05, 4.69) is 40.9 Å². The van der Waals surface area contributed by atoms with Crippen molar-refractivity contribution in [1.82, 2.24) is 25.5 Å². The predicted molar refractivity (Wildman–Crippen MR) is 95.2 cm³/mol. The highest BCUT2D eigenvalue weighted by molar-refractivity contribution is 5.24. The molecule has 134 valence electrons. The first-order chi connectivity index (χ1) is 12.2. The van der Waals surface area contributed by atoms with Crippen LogP contribution in [0.1, 0.15) is 36.2 Å². The number of halogens is 1. The Kier molecular flexibility index (Phi) is 4.58. The molecule has 0 bridgehead atoms. The average Bonchev–Trinajstić information content (AvgIpc) is 3.19. The van der Waals surface area contributed by atoms with Gasteiger partial charge in [0.1, 0.15) is 5.82 Å². The summed E-state index contributed by atoms with van der Waals surface area (Å²) in [6.45, 7) is 8.01. The number of piperidine rings is 1. The third-order valence-corrected chi connectivity index (χ3v) is 5.60. The second kappa shape index (κ2) is 6.86. The first kappa shape index (κ1) is 16.7. The molecule has 2 aliphatic heterocycles. The van der Waals surface area contributed by atoms with Gasteiger partial charge in [0.05, 0.1) is 11.7 Å². The molecule has 3 atom stereocenters. The first-order valence-corrected chi connectivity index (χ1v) is 9.16. The van der Waals surface area contributed by atoms with Gasteiger partial charge in [0.2, 0.25) is 0 Å². The lowest BCUT2D eigenvalue weighted by atomic mass is 9.85. The number of fused-ring (bicyclic) bond motifs is 1. The standard InChI is InChI=1S/C19H26FN5/c1-3-25-11-14(13(2)23-25)10-24-9-8-18-16(12-24)19(22-21-18)15-6-4-5-7-17(15)20/h4-7,11,16,18-19,21-22H,3,8-10,12H2,1-2H3. The summed E-state index contributed by atoms with van der Waals surface area (Å²) in [7, 11) is 0. The molecule has 2 N–H and O–H groups in total. The maximum atomic E-state index is 14.2. The van der Waals surface area contributed by atoms with Gasteiger partial charge in [-0.3, -0.25) is 15.0 Å². The summed E-state index contributed by atoms with van der Waals surface area (Å²) < 4.78 is 16.2. The van der Waals surface area contributed by atoms with Crippen molar-refractivity contribution in [3.63, 3.8) is 0 Å². The van der Waals surface area contributed by atoms with Gasteiger partial charge in [-0.25, -0.2) is 9.82 Å². The number of nitrogens with one attached hydrogen (secondary N) is 2. The van der Waals surface area contributed by atoms with Crippen LogP contribution in [-0.4, -0.2) is 33.8 Å². The van der Waals surface area contributed by atoms with Gasteiger partial charge in [0.25, 0.3) is 0 Å². The molecule has 2 aromatic rings. The van der Waals surface area contributed by atoms with Crippen LogP contribution < -0.4 is 10.9 Å². The van der Waals surface area contributed by atoms with Crippen LogP contribution >= 0.6 is 0 Å². The highest BCUT2D eigenvalue weighted by atomic mass is 19.1. The van der Waals surface area contributed by atoms with Crippen molar-refractivity contribution in [2.75, 3.05) is 13.1 Å². The van der Waals surface area contributed by atoms with Gasteiger partial charge in [0.15, 0.2) is 0 Å². The van der Waals surface area contributed by atoms with Gasteiger partial charge < -0.3 is 0 Å². The van der Waals surface area contributed by atoms with E-state index in [1.165, 1.54) is 5.56 Å². The maximum Gasteiger partial charge on any atom is 0.128 e. The number of benzene rings is 1. The van der Waals surface area contributed by atoms with Crippen LogP contribution in [0.4, 0.5) is 4.39 Å². The molecule has 4 rings (SSSR count). The van der Waals surface area contributed by atoms with E-state index in [9.17, 15) is 4.39 Å². The number of aryl methyl sites for hydroxylation is 2. The van der Waals surface area contributed by atoms with Crippen LogP contribution in [0.15, 0.2) is 30.5 Å². The molecule has 1 aromatic carbocycles. The summed E-state index contributed by atoms with van der Waals surface area (Å²) in [5, 5.41) is 4.55. The minimum atomic E-state index is -0.125. The Hall–Kier alpha value is -1.76. The molecule has 0 aliphatic carbocycles. The van der Waals surface area contributed by atoms with Crippen molar-refractivity contribution in [1.29, 1.82) is 0 Å². The van der Waals surface area contributed by atoms with E-state index in [1.807, 2.05) is 16.8 Å². The lowest BCUT2D eigenvalue weighted by molar-refractivity contribution is 0.147. The van der Waals surface area contributed by atoms with Crippen molar-refractivity contribution in [3.05, 3.63) is 53.1 Å². The van der Waals surface area contributed by atoms with Crippen LogP contribution in [0.5, 0.6) is 0 Å². The zero-order chi connectivity index (χ0) is 17.4. The normalized spacial score (nSPS) is 26.8. The van der Waals surface area contributed by atoms with Crippen molar-refractivity contribution in [2.24, 2.45) is 5.92 Å². The Balaban J connectivity index is 1.49. The third kappa shape index (κ3) is 3.21. The van der Waals surface area contributed by atoms with E-state index in [1.54, 1.807) is 12.1 Å². The number of hydrogen-bond donors (Lipinski definition) is 2. The summed E-state index contributed by atoms with van der Waals surface area (Å²) in [5.41, 5.74) is 9.88. The molecule has 0 radical (unpaired) electrons. The molecule has 0 spiro atoms. The largest absolute Gasteiger partial charge is 0.298 e. The van der Waals surface area contributed by atoms with E-state index in [-0.39, 0.29) is 11.9 Å². The Morgan fingerprint density at radius 2 is 2.12 bits per heavy atom. The first-order valence-electron chi connectivity index (χ1n) is 9.16. The lowest BCUT2D eigenvalue weighted by Gasteiger charge is -2.36. The number of aromatic nitrogens is 2. The number of likely N-dealkylation sites (tertiary alicyclic amines) is 1. The molecule has 3 unspecified atom stereocenters. The molecule has 5 nitrogen and oxygen atoms in total. The van der Waals surface area contributed by atoms with E-state index < -0.39 is 0 Å². The zero-order valence-electron chi connectivity index (χ0n) is 14.9. The minimum absolute atomic E-state index is 0.0217. The average molecular weight is 343 g/mol. The Labute approximate surface area is 148 Å². The molecule has 25 heavy (non-hydrogen) atoms. The molecule has 2 fully saturated rings. The van der Waals surface area contributed by atoms with E-state index >= 15 is 0 Å². The molecule has 3 heterocycles. The van der Waals surface area contributed by atoms with Gasteiger partial charge in [-0.1, -0.05) is 18.2 Å². The molecular weight excluding hydrogens is 317 g/mol. The summed E-state index contributed by atoms with van der Waals surface area (Å²) in [5.74, 6) is 0.242. The second-order valence-corrected chi connectivity index (χ2v) is 7.18. The van der Waals surface area contributed by atoms with Crippen LogP contribution in [0.25, 0.3) is 0 Å². The molecule has 6 heteroatoms. The second-order valence-electron chi connectivity index (χ2n) is 7.18. The quantitative estimate of drug-likeness (QED) is 0.895. The monoisotopic (exact) mass is 343 g/mol. The highest BCUT2D eigenvalue weighted by Crippen LogP contribution is 2.35. The Morgan fingerprint density at radius 1 is 1.28 bits per heavy atom. The number of nitrogens with zero attached hydrogens (tertiary/aromatic N) is 3. The van der Waals surface area contributed by atoms with E-state index in [0.29, 0.717) is 12.0 Å². The molecule has 1 aromatic heterocycles. The van der Waals surface area contributed by atoms with Crippen molar-refractivity contribution >= 4 is 0 Å². The van der Waals surface area contributed by atoms with Gasteiger partial charge in [-0.05, 0) is 26.3 Å². The third-order valence-electron chi connectivity index (χ3n) is 5.60. The maximum absolute atomic E-state index is 14.2. The molecule has 2 aliphatic rings. The topological polar surface area (TPSA) is 45.1 Å². The minimum Gasteiger partial charge on any atom is -0.298 e. The number of hydrazine groups is 1. The fraction of sp³-hybridized carbons (Fsp3) is 0.526. The molecule has 0 saturated carbocycles. The summed E-state index contributed by atoms with van der Waals surface area (Å²) >= 11 is 0. The fourth-order valence-corrected chi connectivity index (χ4v) is 4.17. The summed E-state index contributed by atoms with van der Waals surface area (Å²) in [6.07, 6.45) is 3.23. The number of hydrogen-bond acceptors (Lipinski definition) is 4. The van der Waals surface area contributed by atoms with Gasteiger partial charge in [-0.2, -0.15) is 5.10 Å². The van der Waals surface area contributed by atoms with E-state index in [4.69, 9.17) is 0 Å². The van der Waals surface area contributed by atoms with Crippen LogP contribution in [0.2, 0.25) is 0 Å². The predicted octanol–water partition coefficient (Wildman–Crippen LogP) is 2.39. The van der Waals surface area contributed by atoms with Crippen molar-refractivity contribution < 1.29 is 4.39 Å². The summed E-state index contributed by atoms with van der Waals surface area (Å²) in [4.78, 5) is 2.48. The van der Waals surface area contributed by atoms with Crippen molar-refractivity contribution in [2.45, 2.75) is 45.4 Å². The van der Waals surface area contributed by atoms with Gasteiger partial charge in [0, 0.05) is 55.5 Å². The van der Waals surface area contributed by atoms with Gasteiger partial charge in [-0.15, -0.1) is 0 Å². The summed E-state index contributed by atoms with van der Waals surface area (Å²) in [6, 6.07) is 7.53.